The van der Waals surface area contributed by atoms with E-state index in [0.29, 0.717) is 0 Å². The number of hydrogen-bond donors (Lipinski definition) is 0. The van der Waals surface area contributed by atoms with Gasteiger partial charge in [-0.2, -0.15) is 0 Å². The summed E-state index contributed by atoms with van der Waals surface area (Å²) < 4.78 is 15.2. The number of pyridine rings is 1. The monoisotopic (exact) mass is 287 g/mol. The molecule has 1 aliphatic carbocycles. The average molecular weight is 287 g/mol. The number of aromatic nitrogens is 3. The molecular formula is C15H14FN3S. The van der Waals surface area contributed by atoms with Gasteiger partial charge in [0.2, 0.25) is 0 Å². The van der Waals surface area contributed by atoms with E-state index in [-0.39, 0.29) is 5.82 Å². The molecule has 3 aromatic rings. The molecule has 0 atom stereocenters. The Morgan fingerprint density at radius 1 is 1.25 bits per heavy atom. The fraction of sp³-hybridized carbons (Fsp3) is 0.333. The van der Waals surface area contributed by atoms with E-state index in [0.717, 1.165) is 28.5 Å². The van der Waals surface area contributed by atoms with E-state index in [1.807, 2.05) is 0 Å². The van der Waals surface area contributed by atoms with Crippen LogP contribution in [0.1, 0.15) is 29.1 Å². The molecule has 0 aliphatic heterocycles. The number of imidazole rings is 1. The predicted molar refractivity (Wildman–Crippen MR) is 77.6 cm³/mol. The van der Waals surface area contributed by atoms with Gasteiger partial charge >= 0.3 is 0 Å². The SMILES string of the molecule is Cc1c(-c2ccc(F)cn2)nc2sc3c(n12)CCCC3. The second kappa shape index (κ2) is 4.38. The molecular weight excluding hydrogens is 273 g/mol. The highest BCUT2D eigenvalue weighted by Gasteiger charge is 2.21. The first-order valence-electron chi connectivity index (χ1n) is 6.85. The van der Waals surface area contributed by atoms with Crippen molar-refractivity contribution in [3.05, 3.63) is 40.4 Å². The minimum atomic E-state index is -0.315. The lowest BCUT2D eigenvalue weighted by atomic mass is 10.0. The van der Waals surface area contributed by atoms with E-state index in [9.17, 15) is 4.39 Å². The molecule has 0 saturated carbocycles. The summed E-state index contributed by atoms with van der Waals surface area (Å²) in [6.45, 7) is 2.07. The van der Waals surface area contributed by atoms with Crippen LogP contribution in [0, 0.1) is 12.7 Å². The Morgan fingerprint density at radius 2 is 2.10 bits per heavy atom. The summed E-state index contributed by atoms with van der Waals surface area (Å²) in [7, 11) is 0. The van der Waals surface area contributed by atoms with Crippen LogP contribution >= 0.6 is 11.3 Å². The largest absolute Gasteiger partial charge is 0.291 e. The summed E-state index contributed by atoms with van der Waals surface area (Å²) in [6, 6.07) is 3.13. The van der Waals surface area contributed by atoms with Crippen molar-refractivity contribution in [1.29, 1.82) is 0 Å². The molecule has 0 aromatic carbocycles. The van der Waals surface area contributed by atoms with Crippen LogP contribution < -0.4 is 0 Å². The van der Waals surface area contributed by atoms with Gasteiger partial charge in [-0.25, -0.2) is 9.37 Å². The van der Waals surface area contributed by atoms with Crippen LogP contribution in [0.3, 0.4) is 0 Å². The summed E-state index contributed by atoms with van der Waals surface area (Å²) in [5.41, 5.74) is 4.13. The summed E-state index contributed by atoms with van der Waals surface area (Å²) in [4.78, 5) is 11.4. The minimum absolute atomic E-state index is 0.315. The first-order chi connectivity index (χ1) is 9.74. The number of aryl methyl sites for hydroxylation is 3. The third-order valence-corrected chi connectivity index (χ3v) is 5.06. The molecule has 0 fully saturated rings. The van der Waals surface area contributed by atoms with Crippen molar-refractivity contribution in [1.82, 2.24) is 14.4 Å². The van der Waals surface area contributed by atoms with Gasteiger partial charge in [-0.05, 0) is 44.7 Å². The van der Waals surface area contributed by atoms with Crippen molar-refractivity contribution in [2.45, 2.75) is 32.6 Å². The third-order valence-electron chi connectivity index (χ3n) is 3.92. The number of rotatable bonds is 1. The summed E-state index contributed by atoms with van der Waals surface area (Å²) >= 11 is 1.78. The Kier molecular flexibility index (Phi) is 2.63. The molecule has 0 radical (unpaired) electrons. The highest BCUT2D eigenvalue weighted by Crippen LogP contribution is 2.34. The van der Waals surface area contributed by atoms with Gasteiger partial charge < -0.3 is 0 Å². The zero-order valence-corrected chi connectivity index (χ0v) is 12.0. The second-order valence-corrected chi connectivity index (χ2v) is 6.27. The molecule has 3 aromatic heterocycles. The first-order valence-corrected chi connectivity index (χ1v) is 7.67. The maximum absolute atomic E-state index is 13.0. The highest BCUT2D eigenvalue weighted by atomic mass is 32.1. The Bertz CT molecular complexity index is 786. The fourth-order valence-corrected chi connectivity index (χ4v) is 4.19. The fourth-order valence-electron chi connectivity index (χ4n) is 2.94. The van der Waals surface area contributed by atoms with Crippen LogP contribution in [-0.4, -0.2) is 14.4 Å². The average Bonchev–Trinajstić information content (AvgIpc) is 2.97. The Hall–Kier alpha value is -1.75. The minimum Gasteiger partial charge on any atom is -0.291 e. The van der Waals surface area contributed by atoms with E-state index in [2.05, 4.69) is 16.3 Å². The number of hydrogen-bond acceptors (Lipinski definition) is 3. The van der Waals surface area contributed by atoms with Crippen molar-refractivity contribution in [2.24, 2.45) is 0 Å². The molecule has 0 spiro atoms. The normalized spacial score (nSPS) is 14.7. The third kappa shape index (κ3) is 1.69. The maximum Gasteiger partial charge on any atom is 0.194 e. The second-order valence-electron chi connectivity index (χ2n) is 5.20. The van der Waals surface area contributed by atoms with E-state index in [1.165, 1.54) is 42.1 Å². The molecule has 0 N–H and O–H groups in total. The number of fused-ring (bicyclic) bond motifs is 3. The molecule has 102 valence electrons. The van der Waals surface area contributed by atoms with Crippen LogP contribution in [0.15, 0.2) is 18.3 Å². The van der Waals surface area contributed by atoms with Crippen molar-refractivity contribution in [3.8, 4) is 11.4 Å². The van der Waals surface area contributed by atoms with Crippen molar-refractivity contribution in [2.75, 3.05) is 0 Å². The van der Waals surface area contributed by atoms with Crippen LogP contribution in [0.2, 0.25) is 0 Å². The lowest BCUT2D eigenvalue weighted by Crippen LogP contribution is -2.03. The number of nitrogens with zero attached hydrogens (tertiary/aromatic N) is 3. The maximum atomic E-state index is 13.0. The lowest BCUT2D eigenvalue weighted by Gasteiger charge is -2.11. The number of halogens is 1. The highest BCUT2D eigenvalue weighted by molar-refractivity contribution is 7.17. The summed E-state index contributed by atoms with van der Waals surface area (Å²) in [5, 5.41) is 0. The molecule has 20 heavy (non-hydrogen) atoms. The van der Waals surface area contributed by atoms with E-state index in [4.69, 9.17) is 4.98 Å². The molecule has 5 heteroatoms. The van der Waals surface area contributed by atoms with Gasteiger partial charge in [0.15, 0.2) is 4.96 Å². The van der Waals surface area contributed by atoms with Crippen LogP contribution in [0.4, 0.5) is 4.39 Å². The van der Waals surface area contributed by atoms with Gasteiger partial charge in [-0.15, -0.1) is 11.3 Å². The van der Waals surface area contributed by atoms with Gasteiger partial charge in [0, 0.05) is 10.6 Å². The first kappa shape index (κ1) is 12.0. The van der Waals surface area contributed by atoms with E-state index < -0.39 is 0 Å². The smallest absolute Gasteiger partial charge is 0.194 e. The van der Waals surface area contributed by atoms with Crippen molar-refractivity contribution < 1.29 is 4.39 Å². The molecule has 1 aliphatic rings. The molecule has 3 heterocycles. The van der Waals surface area contributed by atoms with Crippen LogP contribution in [0.25, 0.3) is 16.3 Å². The zero-order chi connectivity index (χ0) is 13.7. The Morgan fingerprint density at radius 3 is 2.90 bits per heavy atom. The van der Waals surface area contributed by atoms with Crippen LogP contribution in [-0.2, 0) is 12.8 Å². The molecule has 0 bridgehead atoms. The van der Waals surface area contributed by atoms with Gasteiger partial charge in [0.1, 0.15) is 11.5 Å². The topological polar surface area (TPSA) is 30.2 Å². The Balaban J connectivity index is 1.91. The van der Waals surface area contributed by atoms with E-state index in [1.54, 1.807) is 17.4 Å². The van der Waals surface area contributed by atoms with Gasteiger partial charge in [0.25, 0.3) is 0 Å². The predicted octanol–water partition coefficient (Wildman–Crippen LogP) is 3.78. The zero-order valence-electron chi connectivity index (χ0n) is 11.2. The molecule has 3 nitrogen and oxygen atoms in total. The van der Waals surface area contributed by atoms with Crippen molar-refractivity contribution in [3.63, 3.8) is 0 Å². The van der Waals surface area contributed by atoms with Crippen molar-refractivity contribution >= 4 is 16.3 Å². The number of thiazole rings is 1. The molecule has 4 rings (SSSR count). The van der Waals surface area contributed by atoms with Gasteiger partial charge in [-0.1, -0.05) is 0 Å². The van der Waals surface area contributed by atoms with Gasteiger partial charge in [-0.3, -0.25) is 9.38 Å². The van der Waals surface area contributed by atoms with Gasteiger partial charge in [0.05, 0.1) is 17.6 Å². The molecule has 0 amide bonds. The summed E-state index contributed by atoms with van der Waals surface area (Å²) in [5.74, 6) is -0.315. The Labute approximate surface area is 120 Å². The summed E-state index contributed by atoms with van der Waals surface area (Å²) in [6.07, 6.45) is 6.08. The molecule has 0 saturated heterocycles. The quantitative estimate of drug-likeness (QED) is 0.681. The van der Waals surface area contributed by atoms with Crippen LogP contribution in [0.5, 0.6) is 0 Å². The molecule has 0 unspecified atom stereocenters. The van der Waals surface area contributed by atoms with E-state index >= 15 is 0 Å². The lowest BCUT2D eigenvalue weighted by molar-refractivity contribution is 0.622. The standard InChI is InChI=1S/C15H14FN3S/c1-9-14(11-7-6-10(16)8-17-11)18-15-19(9)12-4-2-3-5-13(12)20-15/h6-8H,2-5H2,1H3.